The predicted octanol–water partition coefficient (Wildman–Crippen LogP) is 4.45. The van der Waals surface area contributed by atoms with Crippen LogP contribution in [0.3, 0.4) is 0 Å². The minimum absolute atomic E-state index is 0.00270. The zero-order chi connectivity index (χ0) is 22.6. The van der Waals surface area contributed by atoms with Gasteiger partial charge in [0.15, 0.2) is 0 Å². The second-order valence-corrected chi connectivity index (χ2v) is 9.38. The summed E-state index contributed by atoms with van der Waals surface area (Å²) in [5.41, 5.74) is 2.02. The van der Waals surface area contributed by atoms with Crippen molar-refractivity contribution in [3.63, 3.8) is 0 Å². The average molecular weight is 468 g/mol. The molecular formula is C23H18ClN3O4S. The molecule has 1 aromatic heterocycles. The van der Waals surface area contributed by atoms with Crippen molar-refractivity contribution in [3.05, 3.63) is 74.8 Å². The molecule has 32 heavy (non-hydrogen) atoms. The molecule has 162 valence electrons. The number of aryl methyl sites for hydroxylation is 1. The molecule has 5 rings (SSSR count). The summed E-state index contributed by atoms with van der Waals surface area (Å²) in [5, 5.41) is 20.8. The molecule has 3 heterocycles. The van der Waals surface area contributed by atoms with Crippen molar-refractivity contribution in [2.75, 3.05) is 4.90 Å². The van der Waals surface area contributed by atoms with Gasteiger partial charge in [0, 0.05) is 17.0 Å². The van der Waals surface area contributed by atoms with E-state index in [1.54, 1.807) is 49.4 Å². The summed E-state index contributed by atoms with van der Waals surface area (Å²) in [5.74, 6) is -1.02. The summed E-state index contributed by atoms with van der Waals surface area (Å²) in [6.45, 7) is 3.73. The summed E-state index contributed by atoms with van der Waals surface area (Å²) < 4.78 is 5.73. The van der Waals surface area contributed by atoms with Crippen LogP contribution in [0.4, 0.5) is 5.13 Å². The lowest BCUT2D eigenvalue weighted by molar-refractivity contribution is -0.132. The van der Waals surface area contributed by atoms with Gasteiger partial charge in [0.2, 0.25) is 5.13 Å². The Morgan fingerprint density at radius 2 is 1.94 bits per heavy atom. The fourth-order valence-corrected chi connectivity index (χ4v) is 4.94. The summed E-state index contributed by atoms with van der Waals surface area (Å²) >= 11 is 7.25. The van der Waals surface area contributed by atoms with Gasteiger partial charge in [-0.1, -0.05) is 35.1 Å². The highest BCUT2D eigenvalue weighted by Crippen LogP contribution is 2.43. The molecule has 7 nitrogen and oxygen atoms in total. The monoisotopic (exact) mass is 467 g/mol. The summed E-state index contributed by atoms with van der Waals surface area (Å²) in [6, 6.07) is 11.2. The van der Waals surface area contributed by atoms with Crippen LogP contribution < -0.4 is 9.64 Å². The van der Waals surface area contributed by atoms with Crippen molar-refractivity contribution >= 4 is 45.5 Å². The number of amides is 1. The predicted molar refractivity (Wildman–Crippen MR) is 121 cm³/mol. The molecular weight excluding hydrogens is 450 g/mol. The molecule has 2 aromatic carbocycles. The number of aliphatic hydroxyl groups excluding tert-OH is 1. The molecule has 0 saturated carbocycles. The van der Waals surface area contributed by atoms with Crippen LogP contribution in [0, 0.1) is 6.92 Å². The maximum absolute atomic E-state index is 13.1. The Balaban J connectivity index is 1.68. The van der Waals surface area contributed by atoms with Crippen LogP contribution in [0.25, 0.3) is 5.76 Å². The lowest BCUT2D eigenvalue weighted by Gasteiger charge is -2.22. The molecule has 2 atom stereocenters. The number of hydrogen-bond acceptors (Lipinski definition) is 7. The lowest BCUT2D eigenvalue weighted by Crippen LogP contribution is -2.29. The number of benzene rings is 2. The summed E-state index contributed by atoms with van der Waals surface area (Å²) in [7, 11) is 0. The van der Waals surface area contributed by atoms with Crippen LogP contribution in [-0.4, -0.2) is 33.1 Å². The summed E-state index contributed by atoms with van der Waals surface area (Å²) in [4.78, 5) is 27.5. The Morgan fingerprint density at radius 1 is 1.19 bits per heavy atom. The molecule has 0 aliphatic carbocycles. The van der Waals surface area contributed by atoms with Crippen LogP contribution >= 0.6 is 22.9 Å². The number of carbonyl (C=O) groups excluding carboxylic acids is 2. The number of fused-ring (bicyclic) bond motifs is 1. The van der Waals surface area contributed by atoms with E-state index >= 15 is 0 Å². The first-order valence-electron chi connectivity index (χ1n) is 10.00. The zero-order valence-corrected chi connectivity index (χ0v) is 18.8. The first kappa shape index (κ1) is 20.7. The molecule has 0 bridgehead atoms. The van der Waals surface area contributed by atoms with Crippen molar-refractivity contribution in [1.29, 1.82) is 0 Å². The van der Waals surface area contributed by atoms with E-state index in [0.717, 1.165) is 11.3 Å². The Hall–Kier alpha value is -3.23. The number of ether oxygens (including phenoxy) is 1. The molecule has 0 spiro atoms. The number of anilines is 1. The van der Waals surface area contributed by atoms with Crippen molar-refractivity contribution in [2.24, 2.45) is 0 Å². The van der Waals surface area contributed by atoms with Gasteiger partial charge >= 0.3 is 5.91 Å². The van der Waals surface area contributed by atoms with E-state index in [-0.39, 0.29) is 17.4 Å². The first-order valence-corrected chi connectivity index (χ1v) is 11.2. The number of aliphatic hydroxyl groups is 1. The molecule has 9 heteroatoms. The van der Waals surface area contributed by atoms with E-state index in [0.29, 0.717) is 32.7 Å². The highest BCUT2D eigenvalue weighted by Gasteiger charge is 2.48. The van der Waals surface area contributed by atoms with E-state index in [9.17, 15) is 14.7 Å². The third-order valence-electron chi connectivity index (χ3n) is 5.52. The quantitative estimate of drug-likeness (QED) is 0.347. The van der Waals surface area contributed by atoms with E-state index in [1.165, 1.54) is 16.2 Å². The van der Waals surface area contributed by atoms with Crippen LogP contribution in [0.5, 0.6) is 5.75 Å². The van der Waals surface area contributed by atoms with Crippen molar-refractivity contribution in [2.45, 2.75) is 32.4 Å². The van der Waals surface area contributed by atoms with E-state index < -0.39 is 17.7 Å². The minimum atomic E-state index is -0.858. The van der Waals surface area contributed by atoms with Gasteiger partial charge in [-0.2, -0.15) is 0 Å². The van der Waals surface area contributed by atoms with E-state index in [1.807, 2.05) is 6.92 Å². The van der Waals surface area contributed by atoms with Gasteiger partial charge in [0.25, 0.3) is 5.78 Å². The van der Waals surface area contributed by atoms with Gasteiger partial charge in [-0.25, -0.2) is 0 Å². The number of carbonyl (C=O) groups is 2. The normalized spacial score (nSPS) is 21.7. The summed E-state index contributed by atoms with van der Waals surface area (Å²) in [6.07, 6.45) is 0.748. The molecule has 2 aliphatic heterocycles. The van der Waals surface area contributed by atoms with E-state index in [2.05, 4.69) is 10.2 Å². The standard InChI is InChI=1S/C23H18ClN3O4S/c1-11-9-15-10-14(5-8-17(15)31-11)20(28)18-19(13-3-6-16(24)7-4-13)27(22(30)21(18)29)23-26-25-12(2)32-23/h3-8,10-11,19,28H,9H2,1-2H3/b20-18-. The number of halogens is 1. The number of hydrogen-bond donors (Lipinski definition) is 1. The topological polar surface area (TPSA) is 92.6 Å². The van der Waals surface area contributed by atoms with Gasteiger partial charge < -0.3 is 9.84 Å². The lowest BCUT2D eigenvalue weighted by atomic mass is 9.94. The third kappa shape index (κ3) is 3.36. The number of Topliss-reactive ketones (excluding diaryl/α,β-unsaturated/α-hetero) is 1. The molecule has 1 N–H and O–H groups in total. The first-order chi connectivity index (χ1) is 15.3. The fourth-order valence-electron chi connectivity index (χ4n) is 4.10. The van der Waals surface area contributed by atoms with Gasteiger partial charge in [-0.15, -0.1) is 10.2 Å². The highest BCUT2D eigenvalue weighted by atomic mass is 35.5. The van der Waals surface area contributed by atoms with Gasteiger partial charge in [-0.3, -0.25) is 14.5 Å². The molecule has 2 aliphatic rings. The van der Waals surface area contributed by atoms with Gasteiger partial charge in [0.05, 0.1) is 11.6 Å². The molecule has 1 saturated heterocycles. The Labute approximate surface area is 192 Å². The van der Waals surface area contributed by atoms with Crippen molar-refractivity contribution < 1.29 is 19.4 Å². The Kier molecular flexibility index (Phi) is 4.98. The largest absolute Gasteiger partial charge is 0.507 e. The number of ketones is 1. The second kappa shape index (κ2) is 7.72. The number of rotatable bonds is 3. The number of aromatic nitrogens is 2. The van der Waals surface area contributed by atoms with Crippen LogP contribution in [0.2, 0.25) is 5.02 Å². The third-order valence-corrected chi connectivity index (χ3v) is 6.61. The molecule has 1 amide bonds. The SMILES string of the molecule is Cc1nnc(N2C(=O)C(=O)/C(=C(\O)c3ccc4c(c3)CC(C)O4)C2c2ccc(Cl)cc2)s1. The van der Waals surface area contributed by atoms with E-state index in [4.69, 9.17) is 16.3 Å². The van der Waals surface area contributed by atoms with Crippen LogP contribution in [0.15, 0.2) is 48.0 Å². The molecule has 3 aromatic rings. The van der Waals surface area contributed by atoms with Crippen LogP contribution in [-0.2, 0) is 16.0 Å². The molecule has 2 unspecified atom stereocenters. The smallest absolute Gasteiger partial charge is 0.301 e. The molecule has 1 fully saturated rings. The number of nitrogens with zero attached hydrogens (tertiary/aromatic N) is 3. The second-order valence-electron chi connectivity index (χ2n) is 7.78. The Morgan fingerprint density at radius 3 is 2.62 bits per heavy atom. The van der Waals surface area contributed by atoms with Crippen molar-refractivity contribution in [3.8, 4) is 5.75 Å². The maximum Gasteiger partial charge on any atom is 0.301 e. The van der Waals surface area contributed by atoms with Crippen molar-refractivity contribution in [1.82, 2.24) is 10.2 Å². The Bertz CT molecular complexity index is 1280. The highest BCUT2D eigenvalue weighted by molar-refractivity contribution is 7.15. The average Bonchev–Trinajstić information content (AvgIpc) is 3.43. The minimum Gasteiger partial charge on any atom is -0.507 e. The van der Waals surface area contributed by atoms with Gasteiger partial charge in [-0.05, 0) is 55.3 Å². The molecule has 0 radical (unpaired) electrons. The zero-order valence-electron chi connectivity index (χ0n) is 17.2. The fraction of sp³-hybridized carbons (Fsp3) is 0.217. The van der Waals surface area contributed by atoms with Gasteiger partial charge in [0.1, 0.15) is 22.6 Å². The van der Waals surface area contributed by atoms with Crippen LogP contribution in [0.1, 0.15) is 34.7 Å². The maximum atomic E-state index is 13.1.